The van der Waals surface area contributed by atoms with Crippen LogP contribution in [0.3, 0.4) is 0 Å². The highest BCUT2D eigenvalue weighted by atomic mass is 127. The Balaban J connectivity index is 3.08. The van der Waals surface area contributed by atoms with E-state index in [4.69, 9.17) is 14.2 Å². The number of carbonyl (C=O) groups excluding carboxylic acids is 1. The third-order valence-electron chi connectivity index (χ3n) is 3.09. The lowest BCUT2D eigenvalue weighted by Crippen LogP contribution is -2.32. The maximum Gasteiger partial charge on any atom is 0.305 e. The van der Waals surface area contributed by atoms with Gasteiger partial charge in [0.05, 0.1) is 0 Å². The SMILES string of the molecule is CCC(=O)O[C@@H](C(C)C)[C@@H](OCOC)c1ccccc1I. The first-order valence-corrected chi connectivity index (χ1v) is 8.13. The van der Waals surface area contributed by atoms with E-state index in [1.54, 1.807) is 14.0 Å². The Kier molecular flexibility index (Phi) is 8.21. The summed E-state index contributed by atoms with van der Waals surface area (Å²) in [6, 6.07) is 7.94. The van der Waals surface area contributed by atoms with Gasteiger partial charge in [0, 0.05) is 17.1 Å². The number of benzene rings is 1. The summed E-state index contributed by atoms with van der Waals surface area (Å²) in [7, 11) is 1.58. The molecule has 1 rings (SSSR count). The molecular formula is C16H23IO4. The summed E-state index contributed by atoms with van der Waals surface area (Å²) < 4.78 is 17.5. The minimum atomic E-state index is -0.344. The summed E-state index contributed by atoms with van der Waals surface area (Å²) in [5.74, 6) is -0.0796. The fourth-order valence-corrected chi connectivity index (χ4v) is 2.69. The molecule has 0 aliphatic heterocycles. The van der Waals surface area contributed by atoms with Gasteiger partial charge < -0.3 is 14.2 Å². The molecule has 0 aromatic heterocycles. The fourth-order valence-electron chi connectivity index (χ4n) is 1.99. The predicted octanol–water partition coefficient (Wildman–Crippen LogP) is 3.93. The molecule has 0 heterocycles. The van der Waals surface area contributed by atoms with Crippen molar-refractivity contribution in [1.29, 1.82) is 0 Å². The molecular weight excluding hydrogens is 383 g/mol. The van der Waals surface area contributed by atoms with Gasteiger partial charge in [0.15, 0.2) is 0 Å². The normalized spacial score (nSPS) is 14.0. The molecule has 0 unspecified atom stereocenters. The Labute approximate surface area is 140 Å². The van der Waals surface area contributed by atoms with Crippen LogP contribution in [0.2, 0.25) is 0 Å². The lowest BCUT2D eigenvalue weighted by atomic mass is 9.95. The van der Waals surface area contributed by atoms with Gasteiger partial charge in [-0.2, -0.15) is 0 Å². The molecule has 1 aromatic carbocycles. The van der Waals surface area contributed by atoms with Gasteiger partial charge in [-0.3, -0.25) is 4.79 Å². The first-order chi connectivity index (χ1) is 10.0. The second kappa shape index (κ2) is 9.38. The Morgan fingerprint density at radius 3 is 2.48 bits per heavy atom. The third kappa shape index (κ3) is 5.56. The highest BCUT2D eigenvalue weighted by Crippen LogP contribution is 2.31. The van der Waals surface area contributed by atoms with E-state index in [0.29, 0.717) is 6.42 Å². The van der Waals surface area contributed by atoms with Crippen LogP contribution in [0.15, 0.2) is 24.3 Å². The third-order valence-corrected chi connectivity index (χ3v) is 4.07. The Hall–Kier alpha value is -0.660. The molecule has 0 aliphatic rings. The monoisotopic (exact) mass is 406 g/mol. The molecule has 0 saturated heterocycles. The average molecular weight is 406 g/mol. The fraction of sp³-hybridized carbons (Fsp3) is 0.562. The van der Waals surface area contributed by atoms with Crippen molar-refractivity contribution in [1.82, 2.24) is 0 Å². The topological polar surface area (TPSA) is 44.8 Å². The largest absolute Gasteiger partial charge is 0.459 e. The zero-order chi connectivity index (χ0) is 15.8. The van der Waals surface area contributed by atoms with Crippen LogP contribution in [-0.4, -0.2) is 26.0 Å². The van der Waals surface area contributed by atoms with E-state index in [0.717, 1.165) is 9.13 Å². The lowest BCUT2D eigenvalue weighted by molar-refractivity contribution is -0.171. The molecule has 118 valence electrons. The second-order valence-electron chi connectivity index (χ2n) is 5.07. The molecule has 0 saturated carbocycles. The molecule has 0 radical (unpaired) electrons. The first-order valence-electron chi connectivity index (χ1n) is 7.05. The molecule has 0 N–H and O–H groups in total. The van der Waals surface area contributed by atoms with Crippen LogP contribution in [0.5, 0.6) is 0 Å². The molecule has 0 aliphatic carbocycles. The van der Waals surface area contributed by atoms with Crippen molar-refractivity contribution in [2.75, 3.05) is 13.9 Å². The van der Waals surface area contributed by atoms with Crippen LogP contribution in [0.4, 0.5) is 0 Å². The van der Waals surface area contributed by atoms with E-state index in [1.165, 1.54) is 0 Å². The lowest BCUT2D eigenvalue weighted by Gasteiger charge is -2.30. The van der Waals surface area contributed by atoms with Gasteiger partial charge in [-0.05, 0) is 40.1 Å². The summed E-state index contributed by atoms with van der Waals surface area (Å²) in [6.45, 7) is 5.98. The Morgan fingerprint density at radius 1 is 1.29 bits per heavy atom. The standard InChI is InChI=1S/C16H23IO4/c1-5-14(18)21-15(11(2)3)16(20-10-19-4)12-8-6-7-9-13(12)17/h6-9,11,15-16H,5,10H2,1-4H3/t15-,16-/m0/s1. The van der Waals surface area contributed by atoms with Crippen molar-refractivity contribution in [3.63, 3.8) is 0 Å². The van der Waals surface area contributed by atoms with Crippen LogP contribution >= 0.6 is 22.6 Å². The van der Waals surface area contributed by atoms with Crippen molar-refractivity contribution < 1.29 is 19.0 Å². The molecule has 0 fully saturated rings. The number of halogens is 1. The van der Waals surface area contributed by atoms with Crippen molar-refractivity contribution in [2.45, 2.75) is 39.4 Å². The first kappa shape index (κ1) is 18.4. The van der Waals surface area contributed by atoms with Gasteiger partial charge in [0.2, 0.25) is 0 Å². The van der Waals surface area contributed by atoms with Crippen molar-refractivity contribution in [2.24, 2.45) is 5.92 Å². The van der Waals surface area contributed by atoms with Gasteiger partial charge in [-0.15, -0.1) is 0 Å². The predicted molar refractivity (Wildman–Crippen MR) is 89.9 cm³/mol. The zero-order valence-corrected chi connectivity index (χ0v) is 15.1. The smallest absolute Gasteiger partial charge is 0.305 e. The maximum absolute atomic E-state index is 11.7. The molecule has 4 nitrogen and oxygen atoms in total. The van der Waals surface area contributed by atoms with Crippen LogP contribution in [0.25, 0.3) is 0 Å². The highest BCUT2D eigenvalue weighted by molar-refractivity contribution is 14.1. The number of hydrogen-bond donors (Lipinski definition) is 0. The average Bonchev–Trinajstić information content (AvgIpc) is 2.47. The number of carbonyl (C=O) groups is 1. The van der Waals surface area contributed by atoms with E-state index < -0.39 is 0 Å². The van der Waals surface area contributed by atoms with Crippen LogP contribution in [0, 0.1) is 9.49 Å². The van der Waals surface area contributed by atoms with Gasteiger partial charge >= 0.3 is 5.97 Å². The molecule has 0 amide bonds. The van der Waals surface area contributed by atoms with Crippen molar-refractivity contribution in [3.8, 4) is 0 Å². The second-order valence-corrected chi connectivity index (χ2v) is 6.23. The Bertz CT molecular complexity index is 448. The maximum atomic E-state index is 11.7. The summed E-state index contributed by atoms with van der Waals surface area (Å²) in [5, 5.41) is 0. The van der Waals surface area contributed by atoms with E-state index in [2.05, 4.69) is 22.6 Å². The molecule has 1 aromatic rings. The van der Waals surface area contributed by atoms with Gasteiger partial charge in [0.25, 0.3) is 0 Å². The minimum Gasteiger partial charge on any atom is -0.459 e. The van der Waals surface area contributed by atoms with Crippen molar-refractivity contribution in [3.05, 3.63) is 33.4 Å². The molecule has 5 heteroatoms. The molecule has 0 spiro atoms. The summed E-state index contributed by atoms with van der Waals surface area (Å²) in [4.78, 5) is 11.7. The summed E-state index contributed by atoms with van der Waals surface area (Å²) in [6.07, 6.45) is -0.330. The minimum absolute atomic E-state index is 0.137. The van der Waals surface area contributed by atoms with Gasteiger partial charge in [0.1, 0.15) is 19.0 Å². The van der Waals surface area contributed by atoms with E-state index in [9.17, 15) is 4.79 Å². The molecule has 21 heavy (non-hydrogen) atoms. The van der Waals surface area contributed by atoms with Crippen LogP contribution < -0.4 is 0 Å². The number of hydrogen-bond acceptors (Lipinski definition) is 4. The summed E-state index contributed by atoms with van der Waals surface area (Å²) in [5.41, 5.74) is 1.01. The van der Waals surface area contributed by atoms with E-state index >= 15 is 0 Å². The highest BCUT2D eigenvalue weighted by Gasteiger charge is 2.31. The zero-order valence-electron chi connectivity index (χ0n) is 13.0. The van der Waals surface area contributed by atoms with Crippen LogP contribution in [0.1, 0.15) is 38.9 Å². The van der Waals surface area contributed by atoms with Crippen molar-refractivity contribution >= 4 is 28.6 Å². The quantitative estimate of drug-likeness (QED) is 0.373. The Morgan fingerprint density at radius 2 is 1.95 bits per heavy atom. The number of ether oxygens (including phenoxy) is 3. The number of methoxy groups -OCH3 is 1. The van der Waals surface area contributed by atoms with E-state index in [-0.39, 0.29) is 30.9 Å². The van der Waals surface area contributed by atoms with Gasteiger partial charge in [-0.1, -0.05) is 39.0 Å². The van der Waals surface area contributed by atoms with E-state index in [1.807, 2.05) is 38.1 Å². The number of rotatable bonds is 8. The molecule has 2 atom stereocenters. The number of esters is 1. The van der Waals surface area contributed by atoms with Gasteiger partial charge in [-0.25, -0.2) is 0 Å². The summed E-state index contributed by atoms with van der Waals surface area (Å²) >= 11 is 2.27. The van der Waals surface area contributed by atoms with Crippen LogP contribution in [-0.2, 0) is 19.0 Å². The molecule has 0 bridgehead atoms.